The molecule has 13 atom stereocenters. The third-order valence-corrected chi connectivity index (χ3v) is 10.3. The molecular formula is C39H60O9. The van der Waals surface area contributed by atoms with E-state index >= 15 is 0 Å². The van der Waals surface area contributed by atoms with Gasteiger partial charge in [-0.3, -0.25) is 4.79 Å². The fourth-order valence-electron chi connectivity index (χ4n) is 7.23. The number of rotatable bonds is 13. The van der Waals surface area contributed by atoms with Crippen LogP contribution in [0, 0.1) is 23.7 Å². The molecule has 0 aromatic heterocycles. The van der Waals surface area contributed by atoms with Gasteiger partial charge in [-0.15, -0.1) is 0 Å². The Bertz CT molecular complexity index is 1190. The third-order valence-electron chi connectivity index (χ3n) is 10.3. The summed E-state index contributed by atoms with van der Waals surface area (Å²) in [7, 11) is 0. The number of carbonyl (C=O) groups excluding carboxylic acids is 2. The predicted octanol–water partition coefficient (Wildman–Crippen LogP) is 7.13. The third kappa shape index (κ3) is 11.4. The topological polar surface area (TPSA) is 110 Å². The molecule has 0 unspecified atom stereocenters. The monoisotopic (exact) mass is 672 g/mol. The second-order valence-corrected chi connectivity index (χ2v) is 14.8. The first-order chi connectivity index (χ1) is 22.8. The van der Waals surface area contributed by atoms with Gasteiger partial charge in [0.1, 0.15) is 12.2 Å². The molecule has 0 aromatic carbocycles. The number of aliphatic hydroxyl groups is 1. The lowest BCUT2D eigenvalue weighted by molar-refractivity contribution is -0.290. The maximum atomic E-state index is 12.3. The molecule has 48 heavy (non-hydrogen) atoms. The molecule has 9 heteroatoms. The highest BCUT2D eigenvalue weighted by atomic mass is 16.7. The molecule has 0 spiro atoms. The summed E-state index contributed by atoms with van der Waals surface area (Å²) in [5.74, 6) is 0.262. The Morgan fingerprint density at radius 3 is 2.44 bits per heavy atom. The van der Waals surface area contributed by atoms with Gasteiger partial charge in [-0.05, 0) is 77.7 Å². The molecule has 0 bridgehead atoms. The lowest BCUT2D eigenvalue weighted by atomic mass is 9.83. The lowest BCUT2D eigenvalue weighted by Gasteiger charge is -2.41. The molecule has 0 aromatic rings. The molecule has 0 saturated carbocycles. The van der Waals surface area contributed by atoms with Crippen molar-refractivity contribution in [3.63, 3.8) is 0 Å². The molecular weight excluding hydrogens is 612 g/mol. The van der Waals surface area contributed by atoms with Crippen LogP contribution in [-0.2, 0) is 38.0 Å². The Balaban J connectivity index is 1.36. The number of aliphatic hydroxyl groups excluding tert-OH is 1. The minimum absolute atomic E-state index is 0.0221. The van der Waals surface area contributed by atoms with Gasteiger partial charge in [0.15, 0.2) is 12.6 Å². The highest BCUT2D eigenvalue weighted by Gasteiger charge is 2.39. The number of hydrogen-bond donors (Lipinski definition) is 1. The normalized spacial score (nSPS) is 37.2. The molecule has 270 valence electrons. The zero-order valence-electron chi connectivity index (χ0n) is 30.3. The Kier molecular flexibility index (Phi) is 14.5. The number of ether oxygens (including phenoxy) is 6. The summed E-state index contributed by atoms with van der Waals surface area (Å²) in [5, 5.41) is 10.00. The Labute approximate surface area is 288 Å². The zero-order valence-corrected chi connectivity index (χ0v) is 30.3. The lowest BCUT2D eigenvalue weighted by Crippen LogP contribution is -2.47. The maximum Gasteiger partial charge on any atom is 0.331 e. The van der Waals surface area contributed by atoms with Crippen molar-refractivity contribution in [2.24, 2.45) is 23.7 Å². The first-order valence-corrected chi connectivity index (χ1v) is 18.2. The predicted molar refractivity (Wildman–Crippen MR) is 184 cm³/mol. The summed E-state index contributed by atoms with van der Waals surface area (Å²) in [6.45, 7) is 16.6. The molecule has 0 amide bonds. The number of hydrogen-bond acceptors (Lipinski definition) is 9. The largest absolute Gasteiger partial charge is 0.462 e. The fraction of sp³-hybridized carbons (Fsp3) is 0.744. The van der Waals surface area contributed by atoms with E-state index in [1.165, 1.54) is 11.6 Å². The standard InChI is InChI=1S/C39H60O9/c1-23(9-14-32-26(4)11-17-35(41)45-32)21-25(3)22-24(2)10-15-33(28(6)39-27(5)12-18-36(42)48-39)46-38-20-16-34(30(8)44-38)47-37-19-13-31(40)29(7)43-37/h9-11,14,17,22-23,26-34,37-40H,12-13,15-16,18-21H2,1-8H3/b14-9-,24-10+,25-22+/t23-,26+,27-,28-,29-,30-,31+,32-,33+,34+,37+,38-,39+/m1/s1. The molecule has 4 heterocycles. The molecule has 1 N–H and O–H groups in total. The summed E-state index contributed by atoms with van der Waals surface area (Å²) in [6.07, 6.45) is 15.2. The molecule has 4 aliphatic rings. The van der Waals surface area contributed by atoms with Crippen LogP contribution in [0.4, 0.5) is 0 Å². The molecule has 4 aliphatic heterocycles. The van der Waals surface area contributed by atoms with E-state index in [2.05, 4.69) is 52.8 Å². The summed E-state index contributed by atoms with van der Waals surface area (Å²) < 4.78 is 36.5. The van der Waals surface area contributed by atoms with Gasteiger partial charge >= 0.3 is 11.9 Å². The molecule has 4 rings (SSSR count). The maximum absolute atomic E-state index is 12.3. The minimum Gasteiger partial charge on any atom is -0.462 e. The second-order valence-electron chi connectivity index (χ2n) is 14.8. The first kappa shape index (κ1) is 38.5. The zero-order chi connectivity index (χ0) is 35.0. The van der Waals surface area contributed by atoms with Crippen molar-refractivity contribution in [1.82, 2.24) is 0 Å². The Morgan fingerprint density at radius 1 is 0.979 bits per heavy atom. The average Bonchev–Trinajstić information content (AvgIpc) is 3.03. The van der Waals surface area contributed by atoms with E-state index in [0.29, 0.717) is 38.0 Å². The second kappa shape index (κ2) is 18.1. The minimum atomic E-state index is -0.451. The van der Waals surface area contributed by atoms with Crippen LogP contribution in [0.1, 0.15) is 107 Å². The summed E-state index contributed by atoms with van der Waals surface area (Å²) in [6, 6.07) is 0. The Hall–Kier alpha value is -2.30. The van der Waals surface area contributed by atoms with Crippen LogP contribution >= 0.6 is 0 Å². The molecule has 0 aliphatic carbocycles. The smallest absolute Gasteiger partial charge is 0.331 e. The van der Waals surface area contributed by atoms with Crippen LogP contribution in [-0.4, -0.2) is 72.4 Å². The van der Waals surface area contributed by atoms with Gasteiger partial charge in [0, 0.05) is 37.2 Å². The van der Waals surface area contributed by atoms with Gasteiger partial charge in [0.25, 0.3) is 0 Å². The first-order valence-electron chi connectivity index (χ1n) is 18.2. The number of carbonyl (C=O) groups is 2. The van der Waals surface area contributed by atoms with Crippen molar-refractivity contribution in [3.05, 3.63) is 47.6 Å². The molecule has 3 fully saturated rings. The van der Waals surface area contributed by atoms with E-state index in [0.717, 1.165) is 24.8 Å². The summed E-state index contributed by atoms with van der Waals surface area (Å²) >= 11 is 0. The quantitative estimate of drug-likeness (QED) is 0.124. The van der Waals surface area contributed by atoms with Gasteiger partial charge < -0.3 is 33.5 Å². The van der Waals surface area contributed by atoms with Crippen LogP contribution in [0.5, 0.6) is 0 Å². The van der Waals surface area contributed by atoms with Crippen molar-refractivity contribution in [1.29, 1.82) is 0 Å². The van der Waals surface area contributed by atoms with E-state index < -0.39 is 12.4 Å². The number of esters is 2. The van der Waals surface area contributed by atoms with Crippen LogP contribution < -0.4 is 0 Å². The van der Waals surface area contributed by atoms with Gasteiger partial charge in [-0.25, -0.2) is 4.79 Å². The van der Waals surface area contributed by atoms with E-state index in [9.17, 15) is 14.7 Å². The van der Waals surface area contributed by atoms with Crippen LogP contribution in [0.2, 0.25) is 0 Å². The van der Waals surface area contributed by atoms with Crippen molar-refractivity contribution in [2.45, 2.75) is 162 Å². The van der Waals surface area contributed by atoms with Crippen LogP contribution in [0.3, 0.4) is 0 Å². The van der Waals surface area contributed by atoms with E-state index in [1.54, 1.807) is 0 Å². The summed E-state index contributed by atoms with van der Waals surface area (Å²) in [4.78, 5) is 23.9. The van der Waals surface area contributed by atoms with Crippen LogP contribution in [0.25, 0.3) is 0 Å². The van der Waals surface area contributed by atoms with E-state index in [1.807, 2.05) is 32.9 Å². The van der Waals surface area contributed by atoms with Crippen LogP contribution in [0.15, 0.2) is 47.6 Å². The molecule has 3 saturated heterocycles. The van der Waals surface area contributed by atoms with Crippen molar-refractivity contribution >= 4 is 11.9 Å². The van der Waals surface area contributed by atoms with Crippen molar-refractivity contribution < 1.29 is 43.1 Å². The van der Waals surface area contributed by atoms with Gasteiger partial charge in [0.05, 0.1) is 30.5 Å². The van der Waals surface area contributed by atoms with Gasteiger partial charge in [-0.2, -0.15) is 0 Å². The van der Waals surface area contributed by atoms with Crippen molar-refractivity contribution in [2.75, 3.05) is 0 Å². The average molecular weight is 673 g/mol. The highest BCUT2D eigenvalue weighted by Crippen LogP contribution is 2.34. The number of allylic oxidation sites excluding steroid dienone is 4. The molecule has 9 nitrogen and oxygen atoms in total. The fourth-order valence-corrected chi connectivity index (χ4v) is 7.23. The van der Waals surface area contributed by atoms with Gasteiger partial charge in [0.2, 0.25) is 0 Å². The van der Waals surface area contributed by atoms with E-state index in [4.69, 9.17) is 28.4 Å². The van der Waals surface area contributed by atoms with E-state index in [-0.39, 0.29) is 72.6 Å². The van der Waals surface area contributed by atoms with Crippen molar-refractivity contribution in [3.8, 4) is 0 Å². The SMILES string of the molecule is CC(=C\C[C@H](O[C@@H]1CC[C@H](O[C@H]2CC[C@H](O)[C@@H](C)O2)[C@@H](C)O1)[C@@H](C)[C@H]1OC(=O)CC[C@H]1C)/C=C(\C)C[C@H](C)/C=C\[C@H]1OC(=O)C=C[C@@H]1C. The summed E-state index contributed by atoms with van der Waals surface area (Å²) in [5.41, 5.74) is 2.41. The molecule has 0 radical (unpaired) electrons. The number of cyclic esters (lactones) is 2. The van der Waals surface area contributed by atoms with Gasteiger partial charge in [-0.1, -0.05) is 63.1 Å². The Morgan fingerprint density at radius 2 is 1.71 bits per heavy atom. The highest BCUT2D eigenvalue weighted by molar-refractivity contribution is 5.83.